The first kappa shape index (κ1) is 15.3. The first-order valence-electron chi connectivity index (χ1n) is 6.93. The Hall–Kier alpha value is -2.65. The fourth-order valence-corrected chi connectivity index (χ4v) is 2.66. The van der Waals surface area contributed by atoms with Crippen LogP contribution in [0.15, 0.2) is 53.1 Å². The smallest absolute Gasteiger partial charge is 0.156 e. The molecule has 2 aromatic carbocycles. The molecule has 0 saturated heterocycles. The number of nitriles is 1. The first-order chi connectivity index (χ1) is 11.2. The molecule has 23 heavy (non-hydrogen) atoms. The van der Waals surface area contributed by atoms with Crippen LogP contribution in [0.25, 0.3) is 11.3 Å². The van der Waals surface area contributed by atoms with E-state index in [0.717, 1.165) is 22.6 Å². The maximum absolute atomic E-state index is 8.83. The molecule has 0 unspecified atom stereocenters. The summed E-state index contributed by atoms with van der Waals surface area (Å²) in [6, 6.07) is 17.2. The van der Waals surface area contributed by atoms with Crippen LogP contribution in [0.4, 0.5) is 0 Å². The van der Waals surface area contributed by atoms with Crippen LogP contribution in [0.3, 0.4) is 0 Å². The standard InChI is InChI=1S/C17H13BrN4O/c1-23-15-8-6-14(7-9-15)16-17(18)21-22(20-16)11-13-4-2-12(10-19)3-5-13/h2-9H,11H2,1H3. The molecule has 1 heterocycles. The van der Waals surface area contributed by atoms with E-state index >= 15 is 0 Å². The zero-order chi connectivity index (χ0) is 16.2. The Morgan fingerprint density at radius 3 is 2.39 bits per heavy atom. The van der Waals surface area contributed by atoms with Gasteiger partial charge in [0.1, 0.15) is 11.4 Å². The SMILES string of the molecule is COc1ccc(-c2nn(Cc3ccc(C#N)cc3)nc2Br)cc1. The maximum Gasteiger partial charge on any atom is 0.156 e. The fourth-order valence-electron chi connectivity index (χ4n) is 2.17. The molecule has 0 atom stereocenters. The summed E-state index contributed by atoms with van der Waals surface area (Å²) < 4.78 is 5.85. The highest BCUT2D eigenvalue weighted by Gasteiger charge is 2.11. The van der Waals surface area contributed by atoms with E-state index in [2.05, 4.69) is 32.2 Å². The van der Waals surface area contributed by atoms with Gasteiger partial charge in [0, 0.05) is 5.56 Å². The minimum absolute atomic E-state index is 0.542. The van der Waals surface area contributed by atoms with Crippen LogP contribution in [0.2, 0.25) is 0 Å². The lowest BCUT2D eigenvalue weighted by molar-refractivity contribution is 0.415. The molecule has 3 aromatic rings. The fraction of sp³-hybridized carbons (Fsp3) is 0.118. The monoisotopic (exact) mass is 368 g/mol. The van der Waals surface area contributed by atoms with Gasteiger partial charge in [0.05, 0.1) is 25.3 Å². The van der Waals surface area contributed by atoms with Crippen LogP contribution < -0.4 is 4.74 Å². The van der Waals surface area contributed by atoms with Gasteiger partial charge in [0.15, 0.2) is 4.60 Å². The van der Waals surface area contributed by atoms with Gasteiger partial charge in [-0.3, -0.25) is 0 Å². The minimum Gasteiger partial charge on any atom is -0.497 e. The Morgan fingerprint density at radius 1 is 1.09 bits per heavy atom. The lowest BCUT2D eigenvalue weighted by atomic mass is 10.1. The highest BCUT2D eigenvalue weighted by molar-refractivity contribution is 9.10. The molecule has 0 bridgehead atoms. The molecule has 114 valence electrons. The molecule has 0 aliphatic carbocycles. The second-order valence-corrected chi connectivity index (χ2v) is 5.66. The van der Waals surface area contributed by atoms with Gasteiger partial charge < -0.3 is 4.74 Å². The van der Waals surface area contributed by atoms with Crippen molar-refractivity contribution in [2.45, 2.75) is 6.54 Å². The van der Waals surface area contributed by atoms with E-state index in [9.17, 15) is 0 Å². The van der Waals surface area contributed by atoms with E-state index < -0.39 is 0 Å². The van der Waals surface area contributed by atoms with E-state index in [-0.39, 0.29) is 0 Å². The zero-order valence-electron chi connectivity index (χ0n) is 12.4. The molecule has 0 fully saturated rings. The number of rotatable bonds is 4. The molecule has 1 aromatic heterocycles. The highest BCUT2D eigenvalue weighted by Crippen LogP contribution is 2.26. The minimum atomic E-state index is 0.542. The lowest BCUT2D eigenvalue weighted by Crippen LogP contribution is -2.03. The van der Waals surface area contributed by atoms with E-state index in [1.54, 1.807) is 24.0 Å². The summed E-state index contributed by atoms with van der Waals surface area (Å²) in [5, 5.41) is 17.7. The lowest BCUT2D eigenvalue weighted by Gasteiger charge is -2.01. The molecule has 0 aliphatic heterocycles. The maximum atomic E-state index is 8.83. The van der Waals surface area contributed by atoms with Gasteiger partial charge >= 0.3 is 0 Å². The average molecular weight is 369 g/mol. The Balaban J connectivity index is 1.83. The van der Waals surface area contributed by atoms with Crippen LogP contribution in [0, 0.1) is 11.3 Å². The Labute approximate surface area is 142 Å². The second kappa shape index (κ2) is 6.63. The summed E-state index contributed by atoms with van der Waals surface area (Å²) in [6.07, 6.45) is 0. The molecule has 0 amide bonds. The number of benzene rings is 2. The van der Waals surface area contributed by atoms with Crippen molar-refractivity contribution in [3.63, 3.8) is 0 Å². The predicted molar refractivity (Wildman–Crippen MR) is 90.0 cm³/mol. The third-order valence-electron chi connectivity index (χ3n) is 3.38. The van der Waals surface area contributed by atoms with Crippen molar-refractivity contribution in [3.8, 4) is 23.1 Å². The van der Waals surface area contributed by atoms with E-state index in [1.807, 2.05) is 36.4 Å². The van der Waals surface area contributed by atoms with E-state index in [1.165, 1.54) is 0 Å². The largest absolute Gasteiger partial charge is 0.497 e. The number of halogens is 1. The molecule has 6 heteroatoms. The summed E-state index contributed by atoms with van der Waals surface area (Å²) in [4.78, 5) is 1.63. The van der Waals surface area contributed by atoms with Crippen LogP contribution in [-0.2, 0) is 6.54 Å². The predicted octanol–water partition coefficient (Wildman–Crippen LogP) is 3.64. The Kier molecular flexibility index (Phi) is 4.40. The Morgan fingerprint density at radius 2 is 1.78 bits per heavy atom. The number of ether oxygens (including phenoxy) is 1. The molecule has 0 spiro atoms. The van der Waals surface area contributed by atoms with Crippen LogP contribution >= 0.6 is 15.9 Å². The van der Waals surface area contributed by atoms with Crippen LogP contribution in [-0.4, -0.2) is 22.1 Å². The zero-order valence-corrected chi connectivity index (χ0v) is 14.0. The summed E-state index contributed by atoms with van der Waals surface area (Å²) in [7, 11) is 1.64. The summed E-state index contributed by atoms with van der Waals surface area (Å²) in [5.41, 5.74) is 3.42. The van der Waals surface area contributed by atoms with Gasteiger partial charge in [-0.15, -0.1) is 5.10 Å². The van der Waals surface area contributed by atoms with E-state index in [4.69, 9.17) is 10.00 Å². The Bertz CT molecular complexity index is 848. The molecule has 0 saturated carbocycles. The molecule has 3 rings (SSSR count). The van der Waals surface area contributed by atoms with Crippen molar-refractivity contribution in [2.75, 3.05) is 7.11 Å². The van der Waals surface area contributed by atoms with Crippen molar-refractivity contribution in [1.29, 1.82) is 5.26 Å². The van der Waals surface area contributed by atoms with Gasteiger partial charge in [-0.05, 0) is 57.9 Å². The summed E-state index contributed by atoms with van der Waals surface area (Å²) >= 11 is 3.46. The van der Waals surface area contributed by atoms with Gasteiger partial charge in [-0.2, -0.15) is 15.2 Å². The highest BCUT2D eigenvalue weighted by atomic mass is 79.9. The number of hydrogen-bond donors (Lipinski definition) is 0. The average Bonchev–Trinajstić information content (AvgIpc) is 2.96. The van der Waals surface area contributed by atoms with Gasteiger partial charge in [-0.25, -0.2) is 0 Å². The molecular weight excluding hydrogens is 356 g/mol. The van der Waals surface area contributed by atoms with Crippen LogP contribution in [0.1, 0.15) is 11.1 Å². The number of nitrogens with zero attached hydrogens (tertiary/aromatic N) is 4. The summed E-state index contributed by atoms with van der Waals surface area (Å²) in [5.74, 6) is 0.801. The quantitative estimate of drug-likeness (QED) is 0.705. The van der Waals surface area contributed by atoms with Crippen molar-refractivity contribution >= 4 is 15.9 Å². The van der Waals surface area contributed by atoms with Crippen molar-refractivity contribution in [2.24, 2.45) is 0 Å². The number of methoxy groups -OCH3 is 1. The van der Waals surface area contributed by atoms with Gasteiger partial charge in [0.25, 0.3) is 0 Å². The summed E-state index contributed by atoms with van der Waals surface area (Å²) in [6.45, 7) is 0.542. The number of aromatic nitrogens is 3. The van der Waals surface area contributed by atoms with E-state index in [0.29, 0.717) is 16.7 Å². The van der Waals surface area contributed by atoms with Gasteiger partial charge in [0.2, 0.25) is 0 Å². The normalized spacial score (nSPS) is 10.3. The van der Waals surface area contributed by atoms with Crippen molar-refractivity contribution < 1.29 is 4.74 Å². The number of hydrogen-bond acceptors (Lipinski definition) is 4. The molecule has 0 aliphatic rings. The van der Waals surface area contributed by atoms with Crippen molar-refractivity contribution in [3.05, 3.63) is 64.3 Å². The molecular formula is C17H13BrN4O. The third kappa shape index (κ3) is 3.41. The third-order valence-corrected chi connectivity index (χ3v) is 3.92. The molecule has 0 radical (unpaired) electrons. The van der Waals surface area contributed by atoms with Gasteiger partial charge in [-0.1, -0.05) is 12.1 Å². The van der Waals surface area contributed by atoms with Crippen molar-refractivity contribution in [1.82, 2.24) is 15.0 Å². The molecule has 5 nitrogen and oxygen atoms in total. The first-order valence-corrected chi connectivity index (χ1v) is 7.73. The topological polar surface area (TPSA) is 63.7 Å². The van der Waals surface area contributed by atoms with Crippen LogP contribution in [0.5, 0.6) is 5.75 Å². The second-order valence-electron chi connectivity index (χ2n) is 4.91. The molecule has 0 N–H and O–H groups in total.